The van der Waals surface area contributed by atoms with Gasteiger partial charge < -0.3 is 20.8 Å². The zero-order valence-corrected chi connectivity index (χ0v) is 18.0. The monoisotopic (exact) mass is 446 g/mol. The van der Waals surface area contributed by atoms with Crippen LogP contribution in [0.1, 0.15) is 27.7 Å². The molecule has 4 N–H and O–H groups in total. The van der Waals surface area contributed by atoms with Gasteiger partial charge in [-0.25, -0.2) is 9.59 Å². The van der Waals surface area contributed by atoms with Crippen LogP contribution < -0.4 is 10.6 Å². The van der Waals surface area contributed by atoms with Crippen LogP contribution in [0.5, 0.6) is 0 Å². The van der Waals surface area contributed by atoms with Crippen molar-refractivity contribution in [2.75, 3.05) is 25.0 Å². The zero-order chi connectivity index (χ0) is 23.4. The number of hydrogen-bond donors (Lipinski definition) is 4. The van der Waals surface area contributed by atoms with Gasteiger partial charge >= 0.3 is 11.9 Å². The van der Waals surface area contributed by atoms with Gasteiger partial charge in [0.25, 0.3) is 5.69 Å². The third kappa shape index (κ3) is 10.7. The van der Waals surface area contributed by atoms with Crippen molar-refractivity contribution in [1.82, 2.24) is 10.2 Å². The van der Waals surface area contributed by atoms with Gasteiger partial charge in [-0.3, -0.25) is 19.8 Å². The molecule has 11 nitrogen and oxygen atoms in total. The van der Waals surface area contributed by atoms with E-state index in [0.717, 1.165) is 6.54 Å². The number of carboxylic acid groups (broad SMARTS) is 2. The van der Waals surface area contributed by atoms with E-state index in [9.17, 15) is 14.9 Å². The number of amides is 1. The molecule has 168 valence electrons. The van der Waals surface area contributed by atoms with Gasteiger partial charge in [-0.2, -0.15) is 0 Å². The molecular formula is C18H27ClN4O7. The smallest absolute Gasteiger partial charge is 0.414 e. The topological polar surface area (TPSA) is 162 Å². The van der Waals surface area contributed by atoms with Crippen LogP contribution in [0.4, 0.5) is 11.4 Å². The minimum Gasteiger partial charge on any atom is -0.473 e. The summed E-state index contributed by atoms with van der Waals surface area (Å²) in [6.45, 7) is 10.2. The Morgan fingerprint density at radius 1 is 1.13 bits per heavy atom. The van der Waals surface area contributed by atoms with Crippen molar-refractivity contribution in [2.45, 2.75) is 39.8 Å². The van der Waals surface area contributed by atoms with E-state index in [2.05, 4.69) is 43.2 Å². The van der Waals surface area contributed by atoms with Gasteiger partial charge in [0.1, 0.15) is 0 Å². The summed E-state index contributed by atoms with van der Waals surface area (Å²) in [6, 6.07) is 4.81. The molecule has 0 saturated carbocycles. The first-order valence-electron chi connectivity index (χ1n) is 9.03. The number of benzene rings is 1. The van der Waals surface area contributed by atoms with E-state index in [-0.39, 0.29) is 28.8 Å². The maximum absolute atomic E-state index is 11.9. The van der Waals surface area contributed by atoms with Gasteiger partial charge in [-0.15, -0.1) is 0 Å². The number of nitro groups is 1. The van der Waals surface area contributed by atoms with Crippen molar-refractivity contribution in [1.29, 1.82) is 0 Å². The van der Waals surface area contributed by atoms with Crippen LogP contribution in [0.25, 0.3) is 0 Å². The van der Waals surface area contributed by atoms with Crippen LogP contribution in [0.3, 0.4) is 0 Å². The second-order valence-corrected chi connectivity index (χ2v) is 7.09. The first kappa shape index (κ1) is 27.2. The molecular weight excluding hydrogens is 420 g/mol. The van der Waals surface area contributed by atoms with Crippen LogP contribution in [-0.4, -0.2) is 69.6 Å². The summed E-state index contributed by atoms with van der Waals surface area (Å²) < 4.78 is 0. The zero-order valence-electron chi connectivity index (χ0n) is 17.2. The van der Waals surface area contributed by atoms with Crippen LogP contribution in [-0.2, 0) is 14.4 Å². The molecule has 1 aromatic carbocycles. The van der Waals surface area contributed by atoms with Crippen molar-refractivity contribution in [3.8, 4) is 0 Å². The molecule has 1 aromatic rings. The molecule has 0 atom stereocenters. The number of nitrogens with zero attached hydrogens (tertiary/aromatic N) is 2. The van der Waals surface area contributed by atoms with E-state index in [0.29, 0.717) is 18.6 Å². The molecule has 0 aliphatic heterocycles. The number of hydrogen-bond acceptors (Lipinski definition) is 7. The van der Waals surface area contributed by atoms with E-state index < -0.39 is 16.9 Å². The Morgan fingerprint density at radius 3 is 2.10 bits per heavy atom. The fourth-order valence-electron chi connectivity index (χ4n) is 2.44. The summed E-state index contributed by atoms with van der Waals surface area (Å²) in [6.07, 6.45) is 0. The van der Waals surface area contributed by atoms with E-state index in [4.69, 9.17) is 31.4 Å². The van der Waals surface area contributed by atoms with Gasteiger partial charge in [-0.1, -0.05) is 11.6 Å². The normalized spacial score (nSPS) is 10.5. The van der Waals surface area contributed by atoms with Crippen molar-refractivity contribution < 1.29 is 29.5 Å². The van der Waals surface area contributed by atoms with Crippen molar-refractivity contribution in [2.24, 2.45) is 0 Å². The second kappa shape index (κ2) is 13.5. The lowest BCUT2D eigenvalue weighted by Gasteiger charge is -2.30. The lowest BCUT2D eigenvalue weighted by atomic mass is 10.2. The molecule has 0 saturated heterocycles. The Hall–Kier alpha value is -2.76. The summed E-state index contributed by atoms with van der Waals surface area (Å²) >= 11 is 5.95. The molecule has 0 heterocycles. The SMILES string of the molecule is CC(C)N(CCNCC(=O)Nc1cc([N+](=O)[O-])ccc1Cl)C(C)C.O=C(O)C(=O)O. The maximum Gasteiger partial charge on any atom is 0.414 e. The van der Waals surface area contributed by atoms with Crippen LogP contribution in [0, 0.1) is 10.1 Å². The molecule has 30 heavy (non-hydrogen) atoms. The molecule has 1 amide bonds. The van der Waals surface area contributed by atoms with E-state index >= 15 is 0 Å². The molecule has 0 aromatic heterocycles. The maximum atomic E-state index is 11.9. The molecule has 12 heteroatoms. The lowest BCUT2D eigenvalue weighted by Crippen LogP contribution is -2.42. The fraction of sp³-hybridized carbons (Fsp3) is 0.500. The third-order valence-electron chi connectivity index (χ3n) is 3.78. The quantitative estimate of drug-likeness (QED) is 0.192. The predicted molar refractivity (Wildman–Crippen MR) is 112 cm³/mol. The number of nitrogens with one attached hydrogen (secondary N) is 2. The average Bonchev–Trinajstić information content (AvgIpc) is 2.62. The van der Waals surface area contributed by atoms with Crippen LogP contribution >= 0.6 is 11.6 Å². The molecule has 1 rings (SSSR count). The largest absolute Gasteiger partial charge is 0.473 e. The van der Waals surface area contributed by atoms with E-state index in [1.807, 2.05) is 0 Å². The summed E-state index contributed by atoms with van der Waals surface area (Å²) in [5, 5.41) is 31.5. The molecule has 0 aliphatic carbocycles. The van der Waals surface area contributed by atoms with Gasteiger partial charge in [0.2, 0.25) is 5.91 Å². The number of carbonyl (C=O) groups excluding carboxylic acids is 1. The van der Waals surface area contributed by atoms with Gasteiger partial charge in [0.15, 0.2) is 0 Å². The fourth-order valence-corrected chi connectivity index (χ4v) is 2.60. The number of aliphatic carboxylic acids is 2. The number of carbonyl (C=O) groups is 3. The Labute approximate surface area is 179 Å². The highest BCUT2D eigenvalue weighted by Crippen LogP contribution is 2.26. The molecule has 0 radical (unpaired) electrons. The van der Waals surface area contributed by atoms with Gasteiger partial charge in [0, 0.05) is 37.3 Å². The Balaban J connectivity index is 0.00000122. The lowest BCUT2D eigenvalue weighted by molar-refractivity contribution is -0.384. The molecule has 0 unspecified atom stereocenters. The number of anilines is 1. The minimum atomic E-state index is -1.82. The number of nitro benzene ring substituents is 1. The molecule has 0 aliphatic rings. The number of non-ortho nitro benzene ring substituents is 1. The van der Waals surface area contributed by atoms with E-state index in [1.165, 1.54) is 18.2 Å². The average molecular weight is 447 g/mol. The predicted octanol–water partition coefficient (Wildman–Crippen LogP) is 2.05. The summed E-state index contributed by atoms with van der Waals surface area (Å²) in [5.41, 5.74) is 0.121. The van der Waals surface area contributed by atoms with Crippen LogP contribution in [0.15, 0.2) is 18.2 Å². The summed E-state index contributed by atoms with van der Waals surface area (Å²) in [7, 11) is 0. The number of halogens is 1. The molecule has 0 bridgehead atoms. The van der Waals surface area contributed by atoms with Gasteiger partial charge in [0.05, 0.1) is 22.2 Å². The third-order valence-corrected chi connectivity index (χ3v) is 4.11. The minimum absolute atomic E-state index is 0.114. The Bertz CT molecular complexity index is 736. The van der Waals surface area contributed by atoms with Crippen molar-refractivity contribution in [3.05, 3.63) is 33.3 Å². The number of rotatable bonds is 9. The highest BCUT2D eigenvalue weighted by molar-refractivity contribution is 6.33. The summed E-state index contributed by atoms with van der Waals surface area (Å²) in [4.78, 5) is 42.7. The van der Waals surface area contributed by atoms with Gasteiger partial charge in [-0.05, 0) is 33.8 Å². The van der Waals surface area contributed by atoms with E-state index in [1.54, 1.807) is 0 Å². The highest BCUT2D eigenvalue weighted by atomic mass is 35.5. The molecule has 0 fully saturated rings. The molecule has 0 spiro atoms. The standard InChI is InChI=1S/C16H25ClN4O3.C2H2O4/c1-11(2)20(12(3)4)8-7-18-10-16(22)19-15-9-13(21(23)24)5-6-14(15)17;3-1(4)2(5)6/h5-6,9,11-12,18H,7-8,10H2,1-4H3,(H,19,22);(H,3,4)(H,5,6). The Morgan fingerprint density at radius 2 is 1.67 bits per heavy atom. The Kier molecular flexibility index (Phi) is 12.2. The van der Waals surface area contributed by atoms with Crippen LogP contribution in [0.2, 0.25) is 5.02 Å². The first-order chi connectivity index (χ1) is 13.9. The van der Waals surface area contributed by atoms with Crippen molar-refractivity contribution >= 4 is 40.8 Å². The number of carboxylic acids is 2. The highest BCUT2D eigenvalue weighted by Gasteiger charge is 2.14. The summed E-state index contributed by atoms with van der Waals surface area (Å²) in [5.74, 6) is -3.94. The first-order valence-corrected chi connectivity index (χ1v) is 9.41. The van der Waals surface area contributed by atoms with Crippen molar-refractivity contribution in [3.63, 3.8) is 0 Å². The second-order valence-electron chi connectivity index (χ2n) is 6.68.